The van der Waals surface area contributed by atoms with Crippen molar-refractivity contribution >= 4 is 6.09 Å². The molecule has 27 heavy (non-hydrogen) atoms. The van der Waals surface area contributed by atoms with E-state index in [0.29, 0.717) is 0 Å². The minimum Gasteiger partial charge on any atom is -0.508 e. The maximum absolute atomic E-state index is 12.5. The van der Waals surface area contributed by atoms with Crippen molar-refractivity contribution < 1.29 is 24.1 Å². The maximum atomic E-state index is 12.5. The van der Waals surface area contributed by atoms with Gasteiger partial charge < -0.3 is 19.8 Å². The van der Waals surface area contributed by atoms with E-state index in [4.69, 9.17) is 9.84 Å². The molecule has 1 aromatic carbocycles. The zero-order chi connectivity index (χ0) is 21.6. The lowest BCUT2D eigenvalue weighted by molar-refractivity contribution is 0.0295. The molecule has 1 saturated heterocycles. The normalized spacial score (nSPS) is 12.8. The highest BCUT2D eigenvalue weighted by molar-refractivity contribution is 5.68. The molecular weight excluding hydrogens is 349 g/mol. The number of hydrogen-bond donors (Lipinski definition) is 2. The van der Waals surface area contributed by atoms with Gasteiger partial charge in [0.2, 0.25) is 0 Å². The smallest absolute Gasteiger partial charge is 0.410 e. The van der Waals surface area contributed by atoms with Gasteiger partial charge in [0.25, 0.3) is 0 Å². The third-order valence-electron chi connectivity index (χ3n) is 3.37. The number of amides is 1. The Labute approximate surface area is 164 Å². The van der Waals surface area contributed by atoms with Gasteiger partial charge in [0.05, 0.1) is 0 Å². The Balaban J connectivity index is 0. The third-order valence-corrected chi connectivity index (χ3v) is 3.37. The number of carbonyl (C=O) groups excluding carboxylic acids is 1. The Kier molecular flexibility index (Phi) is 14.5. The SMILES string of the molecule is CC.CC(C)(C)OC(=O)N1CCCC1.CC(C)c1ccc(F)cc1O.CO. The molecule has 0 unspecified atom stereocenters. The predicted molar refractivity (Wildman–Crippen MR) is 109 cm³/mol. The van der Waals surface area contributed by atoms with Crippen molar-refractivity contribution in [2.45, 2.75) is 72.8 Å². The third kappa shape index (κ3) is 12.2. The lowest BCUT2D eigenvalue weighted by Crippen LogP contribution is -2.34. The molecule has 6 heteroatoms. The molecule has 0 spiro atoms. The maximum Gasteiger partial charge on any atom is 0.410 e. The summed E-state index contributed by atoms with van der Waals surface area (Å²) in [6.45, 7) is 15.3. The number of carbonyl (C=O) groups is 1. The Morgan fingerprint density at radius 1 is 1.15 bits per heavy atom. The first-order chi connectivity index (χ1) is 12.6. The fourth-order valence-corrected chi connectivity index (χ4v) is 2.23. The van der Waals surface area contributed by atoms with Gasteiger partial charge in [0.15, 0.2) is 0 Å². The van der Waals surface area contributed by atoms with E-state index in [0.717, 1.165) is 44.7 Å². The minimum atomic E-state index is -0.396. The molecule has 0 aromatic heterocycles. The number of rotatable bonds is 1. The molecule has 0 atom stereocenters. The Morgan fingerprint density at radius 2 is 1.63 bits per heavy atom. The number of nitrogens with zero attached hydrogens (tertiary/aromatic N) is 1. The summed E-state index contributed by atoms with van der Waals surface area (Å²) in [6.07, 6.45) is 2.05. The van der Waals surface area contributed by atoms with Crippen LogP contribution in [0.5, 0.6) is 5.75 Å². The van der Waals surface area contributed by atoms with Crippen LogP contribution in [0.3, 0.4) is 0 Å². The van der Waals surface area contributed by atoms with Crippen LogP contribution in [0, 0.1) is 5.82 Å². The molecule has 0 aliphatic carbocycles. The summed E-state index contributed by atoms with van der Waals surface area (Å²) < 4.78 is 17.7. The van der Waals surface area contributed by atoms with E-state index in [9.17, 15) is 14.3 Å². The molecular formula is C21H38FNO4. The van der Waals surface area contributed by atoms with Gasteiger partial charge in [-0.2, -0.15) is 0 Å². The van der Waals surface area contributed by atoms with Crippen LogP contribution in [0.4, 0.5) is 9.18 Å². The number of likely N-dealkylation sites (tertiary alicyclic amines) is 1. The Morgan fingerprint density at radius 3 is 2.00 bits per heavy atom. The van der Waals surface area contributed by atoms with Gasteiger partial charge in [-0.05, 0) is 51.2 Å². The van der Waals surface area contributed by atoms with Gasteiger partial charge in [0.1, 0.15) is 17.2 Å². The first kappa shape index (κ1) is 27.4. The van der Waals surface area contributed by atoms with Crippen molar-refractivity contribution in [3.63, 3.8) is 0 Å². The summed E-state index contributed by atoms with van der Waals surface area (Å²) in [6, 6.07) is 4.10. The summed E-state index contributed by atoms with van der Waals surface area (Å²) in [5, 5.41) is 16.2. The highest BCUT2D eigenvalue weighted by Gasteiger charge is 2.23. The van der Waals surface area contributed by atoms with Gasteiger partial charge in [0, 0.05) is 26.3 Å². The highest BCUT2D eigenvalue weighted by atomic mass is 19.1. The van der Waals surface area contributed by atoms with Crippen molar-refractivity contribution in [3.8, 4) is 5.75 Å². The number of phenols is 1. The molecule has 2 rings (SSSR count). The number of hydrogen-bond acceptors (Lipinski definition) is 4. The second-order valence-corrected chi connectivity index (χ2v) is 7.03. The number of ether oxygens (including phenoxy) is 1. The van der Waals surface area contributed by atoms with E-state index < -0.39 is 5.82 Å². The first-order valence-electron chi connectivity index (χ1n) is 9.51. The number of aliphatic hydroxyl groups is 1. The van der Waals surface area contributed by atoms with Crippen LogP contribution in [0.25, 0.3) is 0 Å². The highest BCUT2D eigenvalue weighted by Crippen LogP contribution is 2.25. The molecule has 2 N–H and O–H groups in total. The van der Waals surface area contributed by atoms with E-state index in [1.54, 1.807) is 11.0 Å². The van der Waals surface area contributed by atoms with Crippen LogP contribution in [-0.4, -0.2) is 47.0 Å². The molecule has 158 valence electrons. The van der Waals surface area contributed by atoms with Crippen LogP contribution in [0.2, 0.25) is 0 Å². The summed E-state index contributed by atoms with van der Waals surface area (Å²) in [5.74, 6) is -0.123. The van der Waals surface area contributed by atoms with Crippen molar-refractivity contribution in [1.29, 1.82) is 0 Å². The van der Waals surface area contributed by atoms with E-state index in [1.807, 2.05) is 48.5 Å². The van der Waals surface area contributed by atoms with E-state index in [-0.39, 0.29) is 23.4 Å². The number of aromatic hydroxyl groups is 1. The van der Waals surface area contributed by atoms with Crippen LogP contribution in [0.15, 0.2) is 18.2 Å². The zero-order valence-electron chi connectivity index (χ0n) is 18.2. The largest absolute Gasteiger partial charge is 0.508 e. The second kappa shape index (κ2) is 14.3. The van der Waals surface area contributed by atoms with Gasteiger partial charge in [-0.1, -0.05) is 33.8 Å². The van der Waals surface area contributed by atoms with Crippen LogP contribution < -0.4 is 0 Å². The Bertz CT molecular complexity index is 521. The molecule has 0 bridgehead atoms. The monoisotopic (exact) mass is 387 g/mol. The molecule has 0 saturated carbocycles. The van der Waals surface area contributed by atoms with Gasteiger partial charge in [-0.25, -0.2) is 9.18 Å². The van der Waals surface area contributed by atoms with E-state index >= 15 is 0 Å². The molecule has 1 aliphatic heterocycles. The lowest BCUT2D eigenvalue weighted by atomic mass is 10.0. The van der Waals surface area contributed by atoms with Gasteiger partial charge in [-0.3, -0.25) is 0 Å². The van der Waals surface area contributed by atoms with Crippen molar-refractivity contribution in [2.75, 3.05) is 20.2 Å². The standard InChI is InChI=1S/C9H11FO.C9H17NO2.C2H6.CH4O/c1-6(2)8-4-3-7(10)5-9(8)11;1-9(2,3)12-8(11)10-6-4-5-7-10;2*1-2/h3-6,11H,1-2H3;4-7H2,1-3H3;1-2H3;2H,1H3. The fourth-order valence-electron chi connectivity index (χ4n) is 2.23. The van der Waals surface area contributed by atoms with E-state index in [2.05, 4.69) is 0 Å². The summed E-state index contributed by atoms with van der Waals surface area (Å²) in [7, 11) is 1.00. The second-order valence-electron chi connectivity index (χ2n) is 7.03. The predicted octanol–water partition coefficient (Wildman–Crippen LogP) is 5.31. The average Bonchev–Trinajstić information content (AvgIpc) is 3.12. The summed E-state index contributed by atoms with van der Waals surface area (Å²) in [4.78, 5) is 13.1. The first-order valence-corrected chi connectivity index (χ1v) is 9.51. The lowest BCUT2D eigenvalue weighted by Gasteiger charge is -2.23. The van der Waals surface area contributed by atoms with Crippen molar-refractivity contribution in [2.24, 2.45) is 0 Å². The molecule has 5 nitrogen and oxygen atoms in total. The number of halogens is 1. The number of aliphatic hydroxyl groups excluding tert-OH is 1. The van der Waals surface area contributed by atoms with Gasteiger partial charge >= 0.3 is 6.09 Å². The quantitative estimate of drug-likeness (QED) is 0.685. The number of benzene rings is 1. The topological polar surface area (TPSA) is 70.0 Å². The average molecular weight is 388 g/mol. The minimum absolute atomic E-state index is 0.0417. The molecule has 1 heterocycles. The molecule has 1 amide bonds. The fraction of sp³-hybridized carbons (Fsp3) is 0.667. The molecule has 0 radical (unpaired) electrons. The molecule has 1 aromatic rings. The van der Waals surface area contributed by atoms with Crippen molar-refractivity contribution in [3.05, 3.63) is 29.6 Å². The van der Waals surface area contributed by atoms with Crippen LogP contribution >= 0.6 is 0 Å². The van der Waals surface area contributed by atoms with Crippen molar-refractivity contribution in [1.82, 2.24) is 4.90 Å². The van der Waals surface area contributed by atoms with Crippen LogP contribution in [-0.2, 0) is 4.74 Å². The van der Waals surface area contributed by atoms with E-state index in [1.165, 1.54) is 6.07 Å². The Hall–Kier alpha value is -1.82. The molecule has 1 aliphatic rings. The zero-order valence-corrected chi connectivity index (χ0v) is 18.2. The summed E-state index contributed by atoms with van der Waals surface area (Å²) in [5.41, 5.74) is 0.422. The number of phenolic OH excluding ortho intramolecular Hbond substituents is 1. The molecule has 1 fully saturated rings. The van der Waals surface area contributed by atoms with Gasteiger partial charge in [-0.15, -0.1) is 0 Å². The summed E-state index contributed by atoms with van der Waals surface area (Å²) >= 11 is 0. The van der Waals surface area contributed by atoms with Crippen LogP contribution in [0.1, 0.15) is 72.8 Å².